The minimum atomic E-state index is -3.40. The van der Waals surface area contributed by atoms with E-state index in [1.54, 1.807) is 6.07 Å². The molecule has 4 heteroatoms. The Kier molecular flexibility index (Phi) is 5.71. The third-order valence-electron chi connectivity index (χ3n) is 6.90. The van der Waals surface area contributed by atoms with Crippen molar-refractivity contribution in [2.45, 2.75) is 0 Å². The minimum Gasteiger partial charge on any atom is -0.478 e. The zero-order valence-electron chi connectivity index (χ0n) is 19.9. The van der Waals surface area contributed by atoms with Crippen LogP contribution in [0, 0.1) is 0 Å². The molecule has 6 rings (SSSR count). The lowest BCUT2D eigenvalue weighted by molar-refractivity contribution is 0.0698. The summed E-state index contributed by atoms with van der Waals surface area (Å²) in [5.74, 6) is -1.02. The molecule has 1 N–H and O–H groups in total. The Hall–Kier alpha value is -4.46. The predicted octanol–water partition coefficient (Wildman–Crippen LogP) is 7.00. The molecule has 0 saturated carbocycles. The average Bonchev–Trinajstić information content (AvgIpc) is 2.96. The molecule has 0 atom stereocenters. The van der Waals surface area contributed by atoms with Crippen molar-refractivity contribution in [1.82, 2.24) is 0 Å². The van der Waals surface area contributed by atoms with Gasteiger partial charge in [0.1, 0.15) is 0 Å². The Balaban J connectivity index is 1.84. The van der Waals surface area contributed by atoms with Gasteiger partial charge in [-0.2, -0.15) is 0 Å². The summed E-state index contributed by atoms with van der Waals surface area (Å²) in [6.45, 7) is 0. The van der Waals surface area contributed by atoms with E-state index in [1.165, 1.54) is 0 Å². The van der Waals surface area contributed by atoms with Crippen LogP contribution in [0.3, 0.4) is 0 Å². The number of hydrogen-bond donors (Lipinski definition) is 1. The lowest BCUT2D eigenvalue weighted by Crippen LogP contribution is -2.26. The number of aromatic carboxylic acids is 1. The molecule has 178 valence electrons. The SMILES string of the molecule is O=C(O)c1ccc2ccccc2c1-c1c(P(=O)(c2ccccc2)c2ccccc2)ccc2ccccc12. The van der Waals surface area contributed by atoms with E-state index in [0.29, 0.717) is 27.0 Å². The van der Waals surface area contributed by atoms with Crippen LogP contribution in [0.5, 0.6) is 0 Å². The minimum absolute atomic E-state index is 0.184. The van der Waals surface area contributed by atoms with Crippen LogP contribution in [-0.2, 0) is 4.57 Å². The Morgan fingerprint density at radius 2 is 0.973 bits per heavy atom. The lowest BCUT2D eigenvalue weighted by atomic mass is 9.90. The van der Waals surface area contributed by atoms with Crippen molar-refractivity contribution in [2.24, 2.45) is 0 Å². The second-order valence-electron chi connectivity index (χ2n) is 8.98. The maximum Gasteiger partial charge on any atom is 0.336 e. The number of fused-ring (bicyclic) bond motifs is 2. The third-order valence-corrected chi connectivity index (χ3v) is 10.00. The standard InChI is InChI=1S/C33H23O3P/c34-33(35)29-21-19-23-11-7-9-17-27(23)31(29)32-28-18-10-8-12-24(28)20-22-30(32)37(36,25-13-3-1-4-14-25)26-15-5-2-6-16-26/h1-22H,(H,34,35). The van der Waals surface area contributed by atoms with Gasteiger partial charge in [0.25, 0.3) is 0 Å². The molecule has 0 aromatic heterocycles. The molecule has 0 amide bonds. The maximum atomic E-state index is 15.5. The van der Waals surface area contributed by atoms with Gasteiger partial charge in [-0.1, -0.05) is 121 Å². The van der Waals surface area contributed by atoms with E-state index in [0.717, 1.165) is 21.5 Å². The monoisotopic (exact) mass is 498 g/mol. The van der Waals surface area contributed by atoms with Crippen LogP contribution < -0.4 is 15.9 Å². The van der Waals surface area contributed by atoms with Crippen molar-refractivity contribution in [3.8, 4) is 11.1 Å². The first-order valence-electron chi connectivity index (χ1n) is 12.1. The average molecular weight is 499 g/mol. The van der Waals surface area contributed by atoms with Gasteiger partial charge in [0, 0.05) is 27.0 Å². The van der Waals surface area contributed by atoms with Crippen molar-refractivity contribution in [3.05, 3.63) is 139 Å². The summed E-state index contributed by atoms with van der Waals surface area (Å²) < 4.78 is 15.5. The zero-order valence-corrected chi connectivity index (χ0v) is 20.8. The van der Waals surface area contributed by atoms with E-state index in [9.17, 15) is 9.90 Å². The summed E-state index contributed by atoms with van der Waals surface area (Å²) in [6.07, 6.45) is 0. The molecule has 0 saturated heterocycles. The molecule has 0 aliphatic carbocycles. The van der Waals surface area contributed by atoms with Crippen LogP contribution in [0.4, 0.5) is 0 Å². The molecule has 6 aromatic rings. The second-order valence-corrected chi connectivity index (χ2v) is 11.7. The number of carboxylic acid groups (broad SMARTS) is 1. The molecular formula is C33H23O3P. The highest BCUT2D eigenvalue weighted by atomic mass is 31.2. The van der Waals surface area contributed by atoms with Crippen molar-refractivity contribution in [1.29, 1.82) is 0 Å². The molecule has 0 unspecified atom stereocenters. The third kappa shape index (κ3) is 3.76. The molecule has 3 nitrogen and oxygen atoms in total. The van der Waals surface area contributed by atoms with Gasteiger partial charge < -0.3 is 9.67 Å². The molecule has 0 bridgehead atoms. The Morgan fingerprint density at radius 1 is 0.514 bits per heavy atom. The molecule has 0 fully saturated rings. The Morgan fingerprint density at radius 3 is 1.51 bits per heavy atom. The van der Waals surface area contributed by atoms with Gasteiger partial charge in [0.05, 0.1) is 5.56 Å². The smallest absolute Gasteiger partial charge is 0.336 e. The first kappa shape index (κ1) is 23.0. The van der Waals surface area contributed by atoms with Crippen LogP contribution in [0.1, 0.15) is 10.4 Å². The molecule has 6 aromatic carbocycles. The molecule has 0 aliphatic heterocycles. The summed E-state index contributed by atoms with van der Waals surface area (Å²) in [5.41, 5.74) is 1.47. The van der Waals surface area contributed by atoms with Crippen LogP contribution in [0.2, 0.25) is 0 Å². The molecule has 0 spiro atoms. The predicted molar refractivity (Wildman–Crippen MR) is 153 cm³/mol. The summed E-state index contributed by atoms with van der Waals surface area (Å²) >= 11 is 0. The Labute approximate surface area is 215 Å². The molecule has 0 heterocycles. The van der Waals surface area contributed by atoms with Crippen LogP contribution in [0.15, 0.2) is 133 Å². The van der Waals surface area contributed by atoms with Gasteiger partial charge in [0.15, 0.2) is 7.14 Å². The van der Waals surface area contributed by atoms with Gasteiger partial charge in [0.2, 0.25) is 0 Å². The van der Waals surface area contributed by atoms with E-state index in [-0.39, 0.29) is 5.56 Å². The van der Waals surface area contributed by atoms with Crippen LogP contribution >= 0.6 is 7.14 Å². The number of hydrogen-bond acceptors (Lipinski definition) is 2. The van der Waals surface area contributed by atoms with E-state index < -0.39 is 13.1 Å². The van der Waals surface area contributed by atoms with Crippen molar-refractivity contribution in [3.63, 3.8) is 0 Å². The van der Waals surface area contributed by atoms with E-state index in [1.807, 2.05) is 127 Å². The van der Waals surface area contributed by atoms with E-state index >= 15 is 4.57 Å². The highest BCUT2D eigenvalue weighted by Crippen LogP contribution is 2.48. The highest BCUT2D eigenvalue weighted by molar-refractivity contribution is 7.85. The highest BCUT2D eigenvalue weighted by Gasteiger charge is 2.34. The van der Waals surface area contributed by atoms with Gasteiger partial charge in [-0.3, -0.25) is 0 Å². The summed E-state index contributed by atoms with van der Waals surface area (Å²) in [6, 6.07) is 42.0. The van der Waals surface area contributed by atoms with Gasteiger partial charge in [-0.05, 0) is 33.7 Å². The first-order chi connectivity index (χ1) is 18.1. The quantitative estimate of drug-likeness (QED) is 0.261. The Bertz CT molecular complexity index is 1780. The normalized spacial score (nSPS) is 11.6. The number of carboxylic acids is 1. The van der Waals surface area contributed by atoms with Crippen LogP contribution in [-0.4, -0.2) is 11.1 Å². The van der Waals surface area contributed by atoms with Gasteiger partial charge in [-0.15, -0.1) is 0 Å². The largest absolute Gasteiger partial charge is 0.478 e. The van der Waals surface area contributed by atoms with Crippen molar-refractivity contribution in [2.75, 3.05) is 0 Å². The molecule has 37 heavy (non-hydrogen) atoms. The topological polar surface area (TPSA) is 54.4 Å². The van der Waals surface area contributed by atoms with Gasteiger partial charge in [-0.25, -0.2) is 4.79 Å². The lowest BCUT2D eigenvalue weighted by Gasteiger charge is -2.25. The van der Waals surface area contributed by atoms with E-state index in [4.69, 9.17) is 0 Å². The fourth-order valence-electron chi connectivity index (χ4n) is 5.21. The van der Waals surface area contributed by atoms with Crippen LogP contribution in [0.25, 0.3) is 32.7 Å². The first-order valence-corrected chi connectivity index (χ1v) is 13.8. The van der Waals surface area contributed by atoms with E-state index in [2.05, 4.69) is 0 Å². The fourth-order valence-corrected chi connectivity index (χ4v) is 8.08. The summed E-state index contributed by atoms with van der Waals surface area (Å²) in [7, 11) is -3.40. The summed E-state index contributed by atoms with van der Waals surface area (Å²) in [5, 5.41) is 15.9. The number of carbonyl (C=O) groups is 1. The molecule has 0 radical (unpaired) electrons. The maximum absolute atomic E-state index is 15.5. The van der Waals surface area contributed by atoms with Crippen molar-refractivity contribution >= 4 is 50.6 Å². The molecule has 0 aliphatic rings. The molecular weight excluding hydrogens is 475 g/mol. The second kappa shape index (κ2) is 9.20. The van der Waals surface area contributed by atoms with Crippen molar-refractivity contribution < 1.29 is 14.5 Å². The summed E-state index contributed by atoms with van der Waals surface area (Å²) in [4.78, 5) is 12.6. The number of rotatable bonds is 5. The van der Waals surface area contributed by atoms with Gasteiger partial charge >= 0.3 is 5.97 Å². The number of benzene rings is 6. The fraction of sp³-hybridized carbons (Fsp3) is 0. The zero-order chi connectivity index (χ0) is 25.4.